The Kier molecular flexibility index (Phi) is 18.4. The minimum Gasteiger partial charge on any atom is -0.459 e. The predicted molar refractivity (Wildman–Crippen MR) is 246 cm³/mol. The minimum absolute atomic E-state index is 0.0713. The number of carbonyl (C=O) groups excluding carboxylic acids is 2. The van der Waals surface area contributed by atoms with Crippen LogP contribution in [-0.2, 0) is 55.7 Å². The Hall–Kier alpha value is -2.42. The van der Waals surface area contributed by atoms with Crippen LogP contribution in [0.15, 0.2) is 34.9 Å². The summed E-state index contributed by atoms with van der Waals surface area (Å²) in [5, 5.41) is 43.2. The number of benzene rings is 1. The van der Waals surface area contributed by atoms with E-state index >= 15 is 0 Å². The number of aromatic nitrogens is 3. The smallest absolute Gasteiger partial charge is 0.311 e. The quantitative estimate of drug-likeness (QED) is 0.214. The van der Waals surface area contributed by atoms with Crippen molar-refractivity contribution in [3.63, 3.8) is 0 Å². The van der Waals surface area contributed by atoms with Gasteiger partial charge in [0.15, 0.2) is 12.6 Å². The van der Waals surface area contributed by atoms with E-state index in [1.165, 1.54) is 14.0 Å². The summed E-state index contributed by atoms with van der Waals surface area (Å²) in [6, 6.07) is 8.21. The molecule has 368 valence electrons. The van der Waals surface area contributed by atoms with Crippen LogP contribution in [0.1, 0.15) is 113 Å². The van der Waals surface area contributed by atoms with Gasteiger partial charge in [0, 0.05) is 74.5 Å². The Morgan fingerprint density at radius 1 is 0.892 bits per heavy atom. The summed E-state index contributed by atoms with van der Waals surface area (Å²) < 4.78 is 48.0. The third-order valence-electron chi connectivity index (χ3n) is 14.7. The number of esters is 1. The van der Waals surface area contributed by atoms with Crippen molar-refractivity contribution in [2.24, 2.45) is 23.7 Å². The van der Waals surface area contributed by atoms with Gasteiger partial charge in [0.1, 0.15) is 23.6 Å². The third-order valence-corrected chi connectivity index (χ3v) is 15.2. The SMILES string of the molecule is CC[C@H]1OC(=O)[C@H](C)[C@@H](O[C@H]2C[C@@](C)(OC)[C@@H](O)[C@H](C)O2)[C@H](C)[C@@H](O[C@H]2C[C@@H](N(C)CCc3cn(Cc4ccc(Br)cc4)nn3)C[C@@H](C)O2)[C@](C)(OC)C[C@@H](C)C(=O)[C@H](C)[C@@H](O)[C@]1(C)O. The number of cyclic esters (lactones) is 1. The molecule has 0 radical (unpaired) electrons. The van der Waals surface area contributed by atoms with Crippen molar-refractivity contribution >= 4 is 27.7 Å². The molecule has 0 unspecified atom stereocenters. The maximum atomic E-state index is 14.4. The van der Waals surface area contributed by atoms with Crippen molar-refractivity contribution in [1.29, 1.82) is 0 Å². The molecule has 17 atom stereocenters. The normalized spacial score (nSPS) is 40.4. The van der Waals surface area contributed by atoms with Crippen LogP contribution in [-0.4, -0.2) is 153 Å². The van der Waals surface area contributed by atoms with Gasteiger partial charge in [0.25, 0.3) is 0 Å². The number of nitrogens with zero attached hydrogens (tertiary/aromatic N) is 4. The zero-order valence-electron chi connectivity index (χ0n) is 40.8. The van der Waals surface area contributed by atoms with Crippen molar-refractivity contribution in [2.75, 3.05) is 27.8 Å². The largest absolute Gasteiger partial charge is 0.459 e. The summed E-state index contributed by atoms with van der Waals surface area (Å²) >= 11 is 3.49. The van der Waals surface area contributed by atoms with Crippen LogP contribution >= 0.6 is 15.9 Å². The number of ketones is 1. The summed E-state index contributed by atoms with van der Waals surface area (Å²) in [7, 11) is 5.18. The summed E-state index contributed by atoms with van der Waals surface area (Å²) in [4.78, 5) is 30.9. The molecule has 3 saturated heterocycles. The molecule has 0 spiro atoms. The number of carbonyl (C=O) groups is 2. The molecule has 0 bridgehead atoms. The van der Waals surface area contributed by atoms with E-state index in [0.717, 1.165) is 28.7 Å². The Bertz CT molecular complexity index is 1850. The van der Waals surface area contributed by atoms with Gasteiger partial charge in [0.05, 0.1) is 59.9 Å². The van der Waals surface area contributed by atoms with Gasteiger partial charge in [-0.3, -0.25) is 9.59 Å². The molecule has 4 heterocycles. The fourth-order valence-corrected chi connectivity index (χ4v) is 10.5. The number of aliphatic hydroxyl groups excluding tert-OH is 2. The Labute approximate surface area is 394 Å². The second-order valence-electron chi connectivity index (χ2n) is 19.8. The molecule has 0 aliphatic carbocycles. The number of hydrogen-bond donors (Lipinski definition) is 3. The standard InChI is InChI=1S/C48H77BrN4O12/c1-14-37-48(10,58)42(55)29(4)40(54)27(2)23-47(9,60-13)44(30(5)41(31(6)45(57)63-37)64-39-24-46(8,59-12)43(56)32(7)62-39)65-38-22-36(21-28(3)61-38)52(11)20-19-35-26-53(51-50-35)25-33-15-17-34(49)18-16-33/h15-18,26-32,36-39,41-44,55-56,58H,14,19-25H2,1-13H3/t27-,28-,29+,30+,31-,32+,36+,37-,38+,39+,41+,42-,43+,44-,46-,47-,48-/m1/s1. The van der Waals surface area contributed by atoms with E-state index in [2.05, 4.69) is 50.3 Å². The first-order chi connectivity index (χ1) is 30.5. The lowest BCUT2D eigenvalue weighted by Gasteiger charge is -2.49. The summed E-state index contributed by atoms with van der Waals surface area (Å²) in [6.07, 6.45) is -3.51. The van der Waals surface area contributed by atoms with E-state index in [9.17, 15) is 24.9 Å². The van der Waals surface area contributed by atoms with Crippen molar-refractivity contribution in [3.8, 4) is 0 Å². The molecule has 3 aliphatic heterocycles. The van der Waals surface area contributed by atoms with Crippen LogP contribution in [0.2, 0.25) is 0 Å². The molecule has 65 heavy (non-hydrogen) atoms. The number of Topliss-reactive ketones (excluding diaryl/α,β-unsaturated/α-hetero) is 1. The van der Waals surface area contributed by atoms with Crippen molar-refractivity contribution in [1.82, 2.24) is 19.9 Å². The van der Waals surface area contributed by atoms with E-state index in [-0.39, 0.29) is 37.2 Å². The van der Waals surface area contributed by atoms with Crippen LogP contribution in [0.4, 0.5) is 0 Å². The predicted octanol–water partition coefficient (Wildman–Crippen LogP) is 5.48. The Morgan fingerprint density at radius 2 is 1.55 bits per heavy atom. The van der Waals surface area contributed by atoms with Crippen LogP contribution in [0.25, 0.3) is 0 Å². The van der Waals surface area contributed by atoms with Gasteiger partial charge in [-0.15, -0.1) is 5.10 Å². The van der Waals surface area contributed by atoms with Gasteiger partial charge in [-0.2, -0.15) is 0 Å². The summed E-state index contributed by atoms with van der Waals surface area (Å²) in [5.74, 6) is -4.26. The number of hydrogen-bond acceptors (Lipinski definition) is 15. The molecule has 0 saturated carbocycles. The maximum Gasteiger partial charge on any atom is 0.311 e. The first kappa shape index (κ1) is 53.5. The Balaban J connectivity index is 1.46. The third kappa shape index (κ3) is 12.6. The molecule has 17 heteroatoms. The average Bonchev–Trinajstić information content (AvgIpc) is 3.73. The number of methoxy groups -OCH3 is 2. The Morgan fingerprint density at radius 3 is 2.18 bits per heavy atom. The molecule has 3 aliphatic rings. The number of aliphatic hydroxyl groups is 3. The minimum atomic E-state index is -1.96. The highest BCUT2D eigenvalue weighted by Gasteiger charge is 2.53. The molecule has 2 aromatic rings. The lowest BCUT2D eigenvalue weighted by atomic mass is 9.74. The van der Waals surface area contributed by atoms with Crippen LogP contribution in [0.5, 0.6) is 0 Å². The van der Waals surface area contributed by atoms with E-state index < -0.39 is 95.6 Å². The van der Waals surface area contributed by atoms with E-state index in [4.69, 9.17) is 33.2 Å². The van der Waals surface area contributed by atoms with Gasteiger partial charge < -0.3 is 53.4 Å². The molecule has 3 N–H and O–H groups in total. The zero-order valence-corrected chi connectivity index (χ0v) is 42.4. The first-order valence-electron chi connectivity index (χ1n) is 23.3. The van der Waals surface area contributed by atoms with Gasteiger partial charge >= 0.3 is 5.97 Å². The van der Waals surface area contributed by atoms with Crippen LogP contribution in [0.3, 0.4) is 0 Å². The molecule has 1 aromatic heterocycles. The van der Waals surface area contributed by atoms with Crippen LogP contribution < -0.4 is 0 Å². The molecule has 1 aromatic carbocycles. The molecule has 0 amide bonds. The molecular formula is C48H77BrN4O12. The molecule has 16 nitrogen and oxygen atoms in total. The number of rotatable bonds is 13. The molecular weight excluding hydrogens is 904 g/mol. The summed E-state index contributed by atoms with van der Waals surface area (Å²) in [6.45, 7) is 18.9. The fraction of sp³-hybridized carbons (Fsp3) is 0.792. The van der Waals surface area contributed by atoms with Gasteiger partial charge in [-0.1, -0.05) is 61.0 Å². The molecule has 5 rings (SSSR count). The van der Waals surface area contributed by atoms with Crippen molar-refractivity contribution in [3.05, 3.63) is 46.2 Å². The van der Waals surface area contributed by atoms with E-state index in [0.29, 0.717) is 19.4 Å². The highest BCUT2D eigenvalue weighted by atomic mass is 79.9. The van der Waals surface area contributed by atoms with Crippen molar-refractivity contribution < 1.29 is 58.1 Å². The topological polar surface area (TPSA) is 193 Å². The van der Waals surface area contributed by atoms with Crippen molar-refractivity contribution in [2.45, 2.75) is 192 Å². The number of likely N-dealkylation sites (N-methyl/N-ethyl adjacent to an activating group) is 1. The average molecular weight is 982 g/mol. The van der Waals surface area contributed by atoms with Gasteiger partial charge in [-0.05, 0) is 85.5 Å². The second kappa shape index (κ2) is 22.3. The van der Waals surface area contributed by atoms with E-state index in [1.54, 1.807) is 48.7 Å². The zero-order chi connectivity index (χ0) is 48.2. The lowest BCUT2D eigenvalue weighted by Crippen LogP contribution is -2.60. The number of ether oxygens (including phenoxy) is 7. The molecule has 3 fully saturated rings. The maximum absolute atomic E-state index is 14.4. The fourth-order valence-electron chi connectivity index (χ4n) is 10.2. The lowest BCUT2D eigenvalue weighted by molar-refractivity contribution is -0.309. The number of halogens is 1. The highest BCUT2D eigenvalue weighted by Crippen LogP contribution is 2.42. The summed E-state index contributed by atoms with van der Waals surface area (Å²) in [5.41, 5.74) is -2.15. The van der Waals surface area contributed by atoms with Gasteiger partial charge in [0.2, 0.25) is 0 Å². The highest BCUT2D eigenvalue weighted by molar-refractivity contribution is 9.10. The first-order valence-corrected chi connectivity index (χ1v) is 24.1. The second-order valence-corrected chi connectivity index (χ2v) is 20.7. The van der Waals surface area contributed by atoms with Gasteiger partial charge in [-0.25, -0.2) is 4.68 Å². The van der Waals surface area contributed by atoms with Crippen LogP contribution in [0, 0.1) is 23.7 Å². The monoisotopic (exact) mass is 980 g/mol. The van der Waals surface area contributed by atoms with E-state index in [1.807, 2.05) is 43.8 Å².